The van der Waals surface area contributed by atoms with Crippen LogP contribution in [0.4, 0.5) is 17.1 Å². The molecular weight excluding hydrogens is 498 g/mol. The summed E-state index contributed by atoms with van der Waals surface area (Å²) in [6, 6.07) is 18.6. The van der Waals surface area contributed by atoms with Crippen LogP contribution in [0.3, 0.4) is 0 Å². The minimum absolute atomic E-state index is 0.0122. The number of ketones is 1. The average Bonchev–Trinajstić information content (AvgIpc) is 3.11. The van der Waals surface area contributed by atoms with E-state index in [1.165, 1.54) is 12.1 Å². The average molecular weight is 528 g/mol. The molecule has 2 atom stereocenters. The number of non-ortho nitro benzene ring substituents is 1. The molecule has 0 bridgehead atoms. The normalized spacial score (nSPS) is 18.4. The number of nitrogens with zero attached hydrogens (tertiary/aromatic N) is 2. The summed E-state index contributed by atoms with van der Waals surface area (Å²) < 4.78 is 11.0. The summed E-state index contributed by atoms with van der Waals surface area (Å²) in [7, 11) is 3.09. The van der Waals surface area contributed by atoms with Gasteiger partial charge in [0.2, 0.25) is 5.91 Å². The largest absolute Gasteiger partial charge is 0.493 e. The number of rotatable bonds is 6. The highest BCUT2D eigenvalue weighted by Gasteiger charge is 2.41. The lowest BCUT2D eigenvalue weighted by atomic mass is 9.78. The number of benzene rings is 3. The van der Waals surface area contributed by atoms with E-state index in [0.29, 0.717) is 46.1 Å². The number of Topliss-reactive ketones (excluding diaryl/α,β-unsaturated/α-hetero) is 1. The first-order valence-corrected chi connectivity index (χ1v) is 12.8. The maximum absolute atomic E-state index is 14.0. The molecule has 0 aromatic heterocycles. The number of hydrogen-bond donors (Lipinski definition) is 1. The van der Waals surface area contributed by atoms with Crippen molar-refractivity contribution in [3.8, 4) is 11.5 Å². The molecule has 0 saturated carbocycles. The van der Waals surface area contributed by atoms with Crippen molar-refractivity contribution in [2.24, 2.45) is 0 Å². The number of allylic oxidation sites excluding steroid dienone is 1. The third kappa shape index (κ3) is 4.71. The number of nitro benzene ring substituents is 1. The van der Waals surface area contributed by atoms with Crippen molar-refractivity contribution in [1.82, 2.24) is 0 Å². The molecule has 200 valence electrons. The van der Waals surface area contributed by atoms with E-state index in [9.17, 15) is 19.7 Å². The van der Waals surface area contributed by atoms with Crippen LogP contribution in [0.2, 0.25) is 0 Å². The first-order chi connectivity index (χ1) is 18.9. The third-order valence-corrected chi connectivity index (χ3v) is 7.34. The fourth-order valence-electron chi connectivity index (χ4n) is 5.50. The molecule has 1 amide bonds. The second kappa shape index (κ2) is 10.6. The van der Waals surface area contributed by atoms with Gasteiger partial charge in [0.1, 0.15) is 0 Å². The molecule has 0 unspecified atom stereocenters. The Balaban J connectivity index is 1.70. The van der Waals surface area contributed by atoms with Gasteiger partial charge in [-0.15, -0.1) is 0 Å². The van der Waals surface area contributed by atoms with Crippen LogP contribution in [0, 0.1) is 10.1 Å². The first-order valence-electron chi connectivity index (χ1n) is 12.8. The number of carbonyl (C=O) groups is 2. The van der Waals surface area contributed by atoms with Gasteiger partial charge in [0.25, 0.3) is 5.69 Å². The fourth-order valence-corrected chi connectivity index (χ4v) is 5.50. The zero-order valence-electron chi connectivity index (χ0n) is 22.0. The van der Waals surface area contributed by atoms with E-state index >= 15 is 0 Å². The summed E-state index contributed by atoms with van der Waals surface area (Å²) in [5.41, 5.74) is 4.00. The molecule has 1 heterocycles. The molecule has 0 spiro atoms. The SMILES string of the molecule is CCC(=O)N1c2ccccc2NC2=C(C(=O)C[C@@H](c3cccc([N+](=O)[O-])c3)C2)[C@@H]1c1ccc(OC)c(OC)c1. The Hall–Kier alpha value is -4.66. The molecule has 3 aromatic rings. The van der Waals surface area contributed by atoms with E-state index in [4.69, 9.17) is 9.47 Å². The first kappa shape index (κ1) is 26.0. The van der Waals surface area contributed by atoms with E-state index in [1.54, 1.807) is 44.2 Å². The Morgan fingerprint density at radius 1 is 1.00 bits per heavy atom. The van der Waals surface area contributed by atoms with E-state index in [0.717, 1.165) is 5.56 Å². The lowest BCUT2D eigenvalue weighted by Gasteiger charge is -2.35. The molecule has 2 aliphatic rings. The molecule has 1 aliphatic heterocycles. The predicted octanol–water partition coefficient (Wildman–Crippen LogP) is 5.92. The topological polar surface area (TPSA) is 111 Å². The molecule has 39 heavy (non-hydrogen) atoms. The number of ether oxygens (including phenoxy) is 2. The van der Waals surface area contributed by atoms with Crippen LogP contribution in [0.1, 0.15) is 49.3 Å². The van der Waals surface area contributed by atoms with Crippen molar-refractivity contribution >= 4 is 28.8 Å². The fraction of sp³-hybridized carbons (Fsp3) is 0.267. The molecule has 0 fully saturated rings. The number of hydrogen-bond acceptors (Lipinski definition) is 7. The van der Waals surface area contributed by atoms with E-state index in [2.05, 4.69) is 5.32 Å². The van der Waals surface area contributed by atoms with Crippen molar-refractivity contribution in [1.29, 1.82) is 0 Å². The van der Waals surface area contributed by atoms with E-state index in [-0.39, 0.29) is 36.1 Å². The van der Waals surface area contributed by atoms with E-state index < -0.39 is 11.0 Å². The van der Waals surface area contributed by atoms with Crippen LogP contribution in [-0.2, 0) is 9.59 Å². The highest BCUT2D eigenvalue weighted by Crippen LogP contribution is 2.48. The molecule has 5 rings (SSSR count). The number of para-hydroxylation sites is 2. The van der Waals surface area contributed by atoms with Gasteiger partial charge in [-0.2, -0.15) is 0 Å². The van der Waals surface area contributed by atoms with Crippen molar-refractivity contribution < 1.29 is 24.0 Å². The number of amides is 1. The molecule has 9 nitrogen and oxygen atoms in total. The maximum atomic E-state index is 14.0. The standard InChI is InChI=1S/C30H29N3O6/c1-4-28(35)32-24-11-6-5-10-22(24)31-23-15-20(18-8-7-9-21(14-18)33(36)37)16-25(34)29(23)30(32)19-12-13-26(38-2)27(17-19)39-3/h5-14,17,20,30-31H,4,15-16H2,1-3H3/t20-,30-/m0/s1. The summed E-state index contributed by atoms with van der Waals surface area (Å²) >= 11 is 0. The highest BCUT2D eigenvalue weighted by molar-refractivity contribution is 6.06. The van der Waals surface area contributed by atoms with Crippen molar-refractivity contribution in [2.45, 2.75) is 38.1 Å². The van der Waals surface area contributed by atoms with Crippen LogP contribution in [-0.4, -0.2) is 30.8 Å². The van der Waals surface area contributed by atoms with Crippen LogP contribution in [0.25, 0.3) is 0 Å². The number of fused-ring (bicyclic) bond motifs is 1. The molecule has 9 heteroatoms. The van der Waals surface area contributed by atoms with Gasteiger partial charge in [-0.1, -0.05) is 37.3 Å². The van der Waals surface area contributed by atoms with Gasteiger partial charge in [0.05, 0.1) is 36.6 Å². The lowest BCUT2D eigenvalue weighted by Crippen LogP contribution is -2.38. The van der Waals surface area contributed by atoms with Crippen molar-refractivity contribution in [3.05, 3.63) is 99.2 Å². The number of nitrogens with one attached hydrogen (secondary N) is 1. The summed E-state index contributed by atoms with van der Waals surface area (Å²) in [5, 5.41) is 14.9. The van der Waals surface area contributed by atoms with Gasteiger partial charge in [-0.3, -0.25) is 24.6 Å². The molecule has 0 radical (unpaired) electrons. The van der Waals surface area contributed by atoms with Crippen LogP contribution in [0.15, 0.2) is 78.0 Å². The summed E-state index contributed by atoms with van der Waals surface area (Å²) in [5.74, 6) is 0.518. The second-order valence-electron chi connectivity index (χ2n) is 9.55. The van der Waals surface area contributed by atoms with Crippen LogP contribution >= 0.6 is 0 Å². The van der Waals surface area contributed by atoms with Gasteiger partial charge in [-0.05, 0) is 47.7 Å². The zero-order valence-corrected chi connectivity index (χ0v) is 22.0. The number of anilines is 2. The van der Waals surface area contributed by atoms with Gasteiger partial charge in [0.15, 0.2) is 17.3 Å². The molecule has 1 aliphatic carbocycles. The predicted molar refractivity (Wildman–Crippen MR) is 147 cm³/mol. The van der Waals surface area contributed by atoms with Crippen molar-refractivity contribution in [3.63, 3.8) is 0 Å². The quantitative estimate of drug-likeness (QED) is 0.313. The van der Waals surface area contributed by atoms with Crippen LogP contribution < -0.4 is 19.7 Å². The summed E-state index contributed by atoms with van der Waals surface area (Å²) in [6.45, 7) is 1.80. The van der Waals surface area contributed by atoms with Gasteiger partial charge in [-0.25, -0.2) is 0 Å². The third-order valence-electron chi connectivity index (χ3n) is 7.34. The second-order valence-corrected chi connectivity index (χ2v) is 9.55. The Labute approximate surface area is 226 Å². The highest BCUT2D eigenvalue weighted by atomic mass is 16.6. The summed E-state index contributed by atoms with van der Waals surface area (Å²) in [6.07, 6.45) is 0.857. The van der Waals surface area contributed by atoms with Crippen molar-refractivity contribution in [2.75, 3.05) is 24.4 Å². The lowest BCUT2D eigenvalue weighted by molar-refractivity contribution is -0.384. The maximum Gasteiger partial charge on any atom is 0.269 e. The molecule has 1 N–H and O–H groups in total. The Bertz CT molecular complexity index is 1500. The van der Waals surface area contributed by atoms with E-state index in [1.807, 2.05) is 36.4 Å². The van der Waals surface area contributed by atoms with Gasteiger partial charge < -0.3 is 14.8 Å². The molecular formula is C30H29N3O6. The minimum Gasteiger partial charge on any atom is -0.493 e. The number of carbonyl (C=O) groups excluding carboxylic acids is 2. The smallest absolute Gasteiger partial charge is 0.269 e. The Morgan fingerprint density at radius 3 is 2.49 bits per heavy atom. The number of methoxy groups -OCH3 is 2. The molecule has 0 saturated heterocycles. The molecule has 3 aromatic carbocycles. The monoisotopic (exact) mass is 527 g/mol. The van der Waals surface area contributed by atoms with Crippen LogP contribution in [0.5, 0.6) is 11.5 Å². The minimum atomic E-state index is -0.707. The van der Waals surface area contributed by atoms with Gasteiger partial charge >= 0.3 is 0 Å². The number of nitro groups is 1. The Kier molecular flexibility index (Phi) is 7.06. The Morgan fingerprint density at radius 2 is 1.77 bits per heavy atom. The summed E-state index contributed by atoms with van der Waals surface area (Å²) in [4.78, 5) is 40.2. The zero-order chi connectivity index (χ0) is 27.7. The van der Waals surface area contributed by atoms with Gasteiger partial charge in [0, 0.05) is 36.2 Å².